The Morgan fingerprint density at radius 2 is 1.95 bits per heavy atom. The summed E-state index contributed by atoms with van der Waals surface area (Å²) in [4.78, 5) is 13.3. The number of benzene rings is 1. The molecular weight excluding hydrogens is 245 g/mol. The number of aromatic nitrogens is 2. The lowest BCUT2D eigenvalue weighted by Gasteiger charge is -2.07. The number of hydrogen-bond acceptors (Lipinski definition) is 2. The molecule has 100 valence electrons. The second-order valence-electron chi connectivity index (χ2n) is 4.72. The first kappa shape index (κ1) is 13.3. The Morgan fingerprint density at radius 3 is 2.53 bits per heavy atom. The van der Waals surface area contributed by atoms with Gasteiger partial charge < -0.3 is 4.90 Å². The largest absolute Gasteiger partial charge is 0.343 e. The maximum Gasteiger partial charge on any atom is 0.273 e. The van der Waals surface area contributed by atoms with Crippen LogP contribution in [0.3, 0.4) is 0 Å². The van der Waals surface area contributed by atoms with Gasteiger partial charge in [0.1, 0.15) is 5.82 Å². The fraction of sp³-hybridized carbons (Fsp3) is 0.286. The van der Waals surface area contributed by atoms with Gasteiger partial charge in [-0.25, -0.2) is 9.07 Å². The predicted octanol–water partition coefficient (Wildman–Crippen LogP) is 2.33. The molecule has 0 saturated heterocycles. The number of carbonyl (C=O) groups excluding carboxylic acids is 1. The summed E-state index contributed by atoms with van der Waals surface area (Å²) < 4.78 is 14.9. The van der Waals surface area contributed by atoms with E-state index < -0.39 is 0 Å². The van der Waals surface area contributed by atoms with Gasteiger partial charge in [0.2, 0.25) is 0 Å². The quantitative estimate of drug-likeness (QED) is 0.832. The van der Waals surface area contributed by atoms with E-state index in [-0.39, 0.29) is 11.7 Å². The molecule has 0 bridgehead atoms. The van der Waals surface area contributed by atoms with E-state index in [1.165, 1.54) is 11.0 Å². The lowest BCUT2D eigenvalue weighted by molar-refractivity contribution is 0.0821. The van der Waals surface area contributed by atoms with Crippen LogP contribution >= 0.6 is 0 Å². The van der Waals surface area contributed by atoms with Gasteiger partial charge in [-0.05, 0) is 43.7 Å². The summed E-state index contributed by atoms with van der Waals surface area (Å²) >= 11 is 0. The molecule has 0 aliphatic rings. The Balaban J connectivity index is 2.45. The maximum absolute atomic E-state index is 13.3. The Labute approximate surface area is 111 Å². The highest BCUT2D eigenvalue weighted by atomic mass is 19.1. The topological polar surface area (TPSA) is 38.1 Å². The Kier molecular flexibility index (Phi) is 3.38. The van der Waals surface area contributed by atoms with Crippen LogP contribution in [-0.2, 0) is 0 Å². The molecule has 0 atom stereocenters. The summed E-state index contributed by atoms with van der Waals surface area (Å²) in [7, 11) is 3.36. The highest BCUT2D eigenvalue weighted by Gasteiger charge is 2.15. The van der Waals surface area contributed by atoms with Gasteiger partial charge in [0.15, 0.2) is 5.69 Å². The van der Waals surface area contributed by atoms with Crippen molar-refractivity contribution in [3.05, 3.63) is 47.0 Å². The van der Waals surface area contributed by atoms with Crippen LogP contribution in [0.2, 0.25) is 0 Å². The van der Waals surface area contributed by atoms with Gasteiger partial charge in [0.25, 0.3) is 5.91 Å². The van der Waals surface area contributed by atoms with Gasteiger partial charge in [-0.1, -0.05) is 0 Å². The average Bonchev–Trinajstić information content (AvgIpc) is 2.73. The van der Waals surface area contributed by atoms with Crippen LogP contribution in [-0.4, -0.2) is 34.7 Å². The second kappa shape index (κ2) is 4.84. The van der Waals surface area contributed by atoms with Gasteiger partial charge in [-0.3, -0.25) is 4.79 Å². The van der Waals surface area contributed by atoms with Gasteiger partial charge in [0.05, 0.1) is 5.69 Å². The second-order valence-corrected chi connectivity index (χ2v) is 4.72. The summed E-state index contributed by atoms with van der Waals surface area (Å²) in [6.07, 6.45) is 0. The first-order chi connectivity index (χ1) is 8.90. The van der Waals surface area contributed by atoms with E-state index in [4.69, 9.17) is 0 Å². The number of aryl methyl sites for hydroxylation is 2. The number of rotatable bonds is 2. The molecule has 0 spiro atoms. The molecule has 0 aliphatic carbocycles. The Hall–Kier alpha value is -2.17. The maximum atomic E-state index is 13.3. The van der Waals surface area contributed by atoms with Crippen molar-refractivity contribution in [1.82, 2.24) is 14.7 Å². The molecule has 1 aromatic heterocycles. The smallest absolute Gasteiger partial charge is 0.273 e. The van der Waals surface area contributed by atoms with E-state index in [0.717, 1.165) is 11.4 Å². The molecule has 0 radical (unpaired) electrons. The SMILES string of the molecule is Cc1cc(-n2nc(C(=O)N(C)C)cc2C)ccc1F. The summed E-state index contributed by atoms with van der Waals surface area (Å²) in [5.41, 5.74) is 2.50. The minimum atomic E-state index is -0.252. The molecule has 4 nitrogen and oxygen atoms in total. The van der Waals surface area contributed by atoms with Crippen molar-refractivity contribution in [2.75, 3.05) is 14.1 Å². The van der Waals surface area contributed by atoms with Crippen LogP contribution < -0.4 is 0 Å². The van der Waals surface area contributed by atoms with Crippen molar-refractivity contribution in [2.24, 2.45) is 0 Å². The van der Waals surface area contributed by atoms with E-state index in [1.54, 1.807) is 43.9 Å². The Morgan fingerprint density at radius 1 is 1.26 bits per heavy atom. The van der Waals surface area contributed by atoms with Crippen LogP contribution in [0.4, 0.5) is 4.39 Å². The van der Waals surface area contributed by atoms with Crippen molar-refractivity contribution >= 4 is 5.91 Å². The summed E-state index contributed by atoms with van der Waals surface area (Å²) in [6.45, 7) is 3.56. The first-order valence-electron chi connectivity index (χ1n) is 5.95. The fourth-order valence-corrected chi connectivity index (χ4v) is 1.83. The molecule has 1 aromatic carbocycles. The van der Waals surface area contributed by atoms with Crippen molar-refractivity contribution in [2.45, 2.75) is 13.8 Å². The third kappa shape index (κ3) is 2.50. The molecule has 2 aromatic rings. The summed E-state index contributed by atoms with van der Waals surface area (Å²) in [5.74, 6) is -0.404. The summed E-state index contributed by atoms with van der Waals surface area (Å²) in [6, 6.07) is 6.48. The molecule has 1 amide bonds. The summed E-state index contributed by atoms with van der Waals surface area (Å²) in [5, 5.41) is 4.27. The van der Waals surface area contributed by atoms with Crippen LogP contribution in [0.5, 0.6) is 0 Å². The first-order valence-corrected chi connectivity index (χ1v) is 5.95. The molecule has 1 heterocycles. The number of halogens is 1. The molecule has 0 N–H and O–H groups in total. The van der Waals surface area contributed by atoms with Gasteiger partial charge in [0, 0.05) is 19.8 Å². The van der Waals surface area contributed by atoms with Gasteiger partial charge in [-0.2, -0.15) is 5.10 Å². The molecule has 5 heteroatoms. The molecule has 19 heavy (non-hydrogen) atoms. The molecule has 0 aliphatic heterocycles. The monoisotopic (exact) mass is 261 g/mol. The number of amides is 1. The lowest BCUT2D eigenvalue weighted by Crippen LogP contribution is -2.22. The van der Waals surface area contributed by atoms with Crippen LogP contribution in [0.1, 0.15) is 21.7 Å². The zero-order valence-electron chi connectivity index (χ0n) is 11.4. The lowest BCUT2D eigenvalue weighted by atomic mass is 10.2. The van der Waals surface area contributed by atoms with Crippen LogP contribution in [0.15, 0.2) is 24.3 Å². The highest BCUT2D eigenvalue weighted by molar-refractivity contribution is 5.92. The van der Waals surface area contributed by atoms with Crippen molar-refractivity contribution in [1.29, 1.82) is 0 Å². The third-order valence-corrected chi connectivity index (χ3v) is 2.90. The fourth-order valence-electron chi connectivity index (χ4n) is 1.83. The van der Waals surface area contributed by atoms with Crippen LogP contribution in [0, 0.1) is 19.7 Å². The molecular formula is C14H16FN3O. The van der Waals surface area contributed by atoms with Gasteiger partial charge >= 0.3 is 0 Å². The van der Waals surface area contributed by atoms with Crippen molar-refractivity contribution < 1.29 is 9.18 Å². The van der Waals surface area contributed by atoms with Crippen molar-refractivity contribution in [3.63, 3.8) is 0 Å². The zero-order chi connectivity index (χ0) is 14.2. The minimum absolute atomic E-state index is 0.152. The zero-order valence-corrected chi connectivity index (χ0v) is 11.4. The number of carbonyl (C=O) groups is 1. The molecule has 2 rings (SSSR count). The molecule has 0 unspecified atom stereocenters. The normalized spacial score (nSPS) is 10.6. The number of hydrogen-bond donors (Lipinski definition) is 0. The standard InChI is InChI=1S/C14H16FN3O/c1-9-7-11(5-6-12(9)15)18-10(2)8-13(16-18)14(19)17(3)4/h5-8H,1-4H3. The number of nitrogens with zero attached hydrogens (tertiary/aromatic N) is 3. The van der Waals surface area contributed by atoms with E-state index in [9.17, 15) is 9.18 Å². The van der Waals surface area contributed by atoms with Gasteiger partial charge in [-0.15, -0.1) is 0 Å². The molecule has 0 saturated carbocycles. The molecule has 0 fully saturated rings. The van der Waals surface area contributed by atoms with E-state index in [0.29, 0.717) is 11.3 Å². The Bertz CT molecular complexity index is 632. The minimum Gasteiger partial charge on any atom is -0.343 e. The van der Waals surface area contributed by atoms with Crippen LogP contribution in [0.25, 0.3) is 5.69 Å². The van der Waals surface area contributed by atoms with E-state index in [1.807, 2.05) is 6.92 Å². The van der Waals surface area contributed by atoms with E-state index in [2.05, 4.69) is 5.10 Å². The van der Waals surface area contributed by atoms with E-state index >= 15 is 0 Å². The van der Waals surface area contributed by atoms with Crippen molar-refractivity contribution in [3.8, 4) is 5.69 Å². The third-order valence-electron chi connectivity index (χ3n) is 2.90. The highest BCUT2D eigenvalue weighted by Crippen LogP contribution is 2.16. The average molecular weight is 261 g/mol. The predicted molar refractivity (Wildman–Crippen MR) is 71.0 cm³/mol.